The van der Waals surface area contributed by atoms with Crippen molar-refractivity contribution in [3.8, 4) is 11.6 Å². The topological polar surface area (TPSA) is 52.5 Å². The molecule has 3 rings (SSSR count). The second-order valence-corrected chi connectivity index (χ2v) is 5.86. The van der Waals surface area contributed by atoms with Crippen molar-refractivity contribution in [3.05, 3.63) is 58.8 Å². The summed E-state index contributed by atoms with van der Waals surface area (Å²) in [7, 11) is 0. The molecule has 0 aliphatic carbocycles. The van der Waals surface area contributed by atoms with Crippen molar-refractivity contribution >= 4 is 21.6 Å². The Balaban J connectivity index is 2.07. The molecule has 3 aromatic rings. The zero-order valence-corrected chi connectivity index (χ0v) is 13.2. The van der Waals surface area contributed by atoms with Gasteiger partial charge in [-0.25, -0.2) is 0 Å². The zero-order valence-electron chi connectivity index (χ0n) is 11.7. The van der Waals surface area contributed by atoms with E-state index in [1.165, 1.54) is 0 Å². The number of hydrogen-bond acceptors (Lipinski definition) is 3. The van der Waals surface area contributed by atoms with Gasteiger partial charge in [0.15, 0.2) is 0 Å². The van der Waals surface area contributed by atoms with E-state index in [2.05, 4.69) is 20.9 Å². The Morgan fingerprint density at radius 3 is 2.76 bits per heavy atom. The van der Waals surface area contributed by atoms with Gasteiger partial charge in [0, 0.05) is 18.7 Å². The molecule has 0 saturated heterocycles. The third-order valence-corrected chi connectivity index (χ3v) is 3.81. The number of imidazole rings is 1. The molecule has 1 atom stereocenters. The quantitative estimate of drug-likeness (QED) is 0.782. The minimum Gasteiger partial charge on any atom is -0.436 e. The van der Waals surface area contributed by atoms with Crippen LogP contribution in [0.2, 0.25) is 0 Å². The first-order chi connectivity index (χ1) is 10.1. The highest BCUT2D eigenvalue weighted by molar-refractivity contribution is 9.10. The van der Waals surface area contributed by atoms with Crippen molar-refractivity contribution in [2.75, 3.05) is 0 Å². The van der Waals surface area contributed by atoms with E-state index in [0.29, 0.717) is 12.3 Å². The van der Waals surface area contributed by atoms with E-state index in [0.717, 1.165) is 21.6 Å². The van der Waals surface area contributed by atoms with E-state index in [9.17, 15) is 0 Å². The summed E-state index contributed by atoms with van der Waals surface area (Å²) in [5, 5.41) is 0. The molecule has 0 radical (unpaired) electrons. The van der Waals surface area contributed by atoms with Gasteiger partial charge in [0.25, 0.3) is 0 Å². The van der Waals surface area contributed by atoms with Crippen LogP contribution in [0.3, 0.4) is 0 Å². The number of para-hydroxylation sites is 1. The molecule has 0 aliphatic heterocycles. The highest BCUT2D eigenvalue weighted by Crippen LogP contribution is 2.31. The summed E-state index contributed by atoms with van der Waals surface area (Å²) in [4.78, 5) is 4.57. The second kappa shape index (κ2) is 5.87. The number of halogens is 1. The van der Waals surface area contributed by atoms with Crippen molar-refractivity contribution in [2.24, 2.45) is 5.73 Å². The molecule has 5 heteroatoms. The smallest absolute Gasteiger partial charge is 0.241 e. The van der Waals surface area contributed by atoms with Gasteiger partial charge in [0.05, 0.1) is 10.2 Å². The van der Waals surface area contributed by atoms with Crippen LogP contribution in [-0.4, -0.2) is 15.4 Å². The van der Waals surface area contributed by atoms with Gasteiger partial charge >= 0.3 is 0 Å². The first kappa shape index (κ1) is 14.1. The summed E-state index contributed by atoms with van der Waals surface area (Å²) in [6, 6.07) is 13.6. The van der Waals surface area contributed by atoms with E-state index in [4.69, 9.17) is 10.5 Å². The Labute approximate surface area is 131 Å². The molecule has 0 spiro atoms. The number of rotatable bonds is 4. The predicted octanol–water partition coefficient (Wildman–Crippen LogP) is 3.78. The molecular weight excluding hydrogens is 330 g/mol. The molecule has 2 N–H and O–H groups in total. The summed E-state index contributed by atoms with van der Waals surface area (Å²) in [6.07, 6.45) is 2.68. The van der Waals surface area contributed by atoms with E-state index >= 15 is 0 Å². The van der Waals surface area contributed by atoms with Gasteiger partial charge in [-0.15, -0.1) is 0 Å². The third kappa shape index (κ3) is 2.94. The molecule has 0 bridgehead atoms. The summed E-state index contributed by atoms with van der Waals surface area (Å²) < 4.78 is 8.91. The molecule has 4 nitrogen and oxygen atoms in total. The lowest BCUT2D eigenvalue weighted by molar-refractivity contribution is 0.454. The van der Waals surface area contributed by atoms with Gasteiger partial charge in [-0.3, -0.25) is 0 Å². The first-order valence-electron chi connectivity index (χ1n) is 6.79. The number of ether oxygens (including phenoxy) is 1. The molecule has 0 saturated carbocycles. The van der Waals surface area contributed by atoms with Crippen LogP contribution in [0.4, 0.5) is 0 Å². The number of nitrogens with zero attached hydrogens (tertiary/aromatic N) is 2. The Hall–Kier alpha value is -1.85. The number of hydrogen-bond donors (Lipinski definition) is 1. The summed E-state index contributed by atoms with van der Waals surface area (Å²) >= 11 is 3.49. The number of pyridine rings is 1. The van der Waals surface area contributed by atoms with E-state index in [1.807, 2.05) is 60.0 Å². The number of nitrogens with two attached hydrogens (primary N) is 1. The van der Waals surface area contributed by atoms with Gasteiger partial charge in [-0.1, -0.05) is 18.2 Å². The molecule has 21 heavy (non-hydrogen) atoms. The lowest BCUT2D eigenvalue weighted by atomic mass is 10.2. The average Bonchev–Trinajstić information content (AvgIpc) is 2.79. The van der Waals surface area contributed by atoms with Crippen LogP contribution in [0, 0.1) is 0 Å². The van der Waals surface area contributed by atoms with Gasteiger partial charge in [0.1, 0.15) is 11.4 Å². The Bertz CT molecular complexity index is 767. The highest BCUT2D eigenvalue weighted by Gasteiger charge is 2.16. The van der Waals surface area contributed by atoms with Gasteiger partial charge in [0.2, 0.25) is 5.88 Å². The van der Waals surface area contributed by atoms with E-state index < -0.39 is 0 Å². The second-order valence-electron chi connectivity index (χ2n) is 5.01. The molecule has 0 amide bonds. The normalized spacial score (nSPS) is 12.5. The lowest BCUT2D eigenvalue weighted by Crippen LogP contribution is -2.19. The summed E-state index contributed by atoms with van der Waals surface area (Å²) in [5.74, 6) is 1.34. The Morgan fingerprint density at radius 1 is 1.24 bits per heavy atom. The molecule has 108 valence electrons. The number of aromatic nitrogens is 2. The maximum atomic E-state index is 5.99. The molecule has 1 unspecified atom stereocenters. The van der Waals surface area contributed by atoms with Crippen LogP contribution in [0.15, 0.2) is 53.1 Å². The van der Waals surface area contributed by atoms with Gasteiger partial charge < -0.3 is 14.9 Å². The number of benzene rings is 1. The van der Waals surface area contributed by atoms with Crippen LogP contribution in [-0.2, 0) is 6.42 Å². The van der Waals surface area contributed by atoms with E-state index in [1.54, 1.807) is 0 Å². The van der Waals surface area contributed by atoms with Crippen molar-refractivity contribution in [1.82, 2.24) is 9.38 Å². The van der Waals surface area contributed by atoms with Gasteiger partial charge in [-0.2, -0.15) is 4.98 Å². The molecule has 2 aromatic heterocycles. The Morgan fingerprint density at radius 2 is 2.00 bits per heavy atom. The minimum atomic E-state index is 0.0340. The van der Waals surface area contributed by atoms with Crippen LogP contribution < -0.4 is 10.5 Å². The van der Waals surface area contributed by atoms with Crippen molar-refractivity contribution in [1.29, 1.82) is 0 Å². The minimum absolute atomic E-state index is 0.0340. The van der Waals surface area contributed by atoms with Crippen LogP contribution >= 0.6 is 15.9 Å². The zero-order chi connectivity index (χ0) is 14.8. The SMILES string of the molecule is CC(N)Cc1c(Oc2ccccc2Br)nc2ccccn12. The van der Waals surface area contributed by atoms with Gasteiger partial charge in [-0.05, 0) is 47.1 Å². The molecule has 0 fully saturated rings. The maximum Gasteiger partial charge on any atom is 0.241 e. The molecule has 2 heterocycles. The summed E-state index contributed by atoms with van der Waals surface area (Å²) in [5.41, 5.74) is 7.80. The van der Waals surface area contributed by atoms with Crippen molar-refractivity contribution in [2.45, 2.75) is 19.4 Å². The predicted molar refractivity (Wildman–Crippen MR) is 86.8 cm³/mol. The van der Waals surface area contributed by atoms with Crippen molar-refractivity contribution < 1.29 is 4.74 Å². The molecular formula is C16H16BrN3O. The number of fused-ring (bicyclic) bond motifs is 1. The monoisotopic (exact) mass is 345 g/mol. The average molecular weight is 346 g/mol. The maximum absolute atomic E-state index is 5.99. The van der Waals surface area contributed by atoms with Crippen molar-refractivity contribution in [3.63, 3.8) is 0 Å². The van der Waals surface area contributed by atoms with E-state index in [-0.39, 0.29) is 6.04 Å². The molecule has 0 aliphatic rings. The highest BCUT2D eigenvalue weighted by atomic mass is 79.9. The fraction of sp³-hybridized carbons (Fsp3) is 0.188. The lowest BCUT2D eigenvalue weighted by Gasteiger charge is -2.09. The Kier molecular flexibility index (Phi) is 3.94. The summed E-state index contributed by atoms with van der Waals surface area (Å²) in [6.45, 7) is 1.98. The van der Waals surface area contributed by atoms with Crippen LogP contribution in [0.25, 0.3) is 5.65 Å². The standard InChI is InChI=1S/C16H16BrN3O/c1-11(18)10-13-16(19-15-8-4-5-9-20(13)15)21-14-7-3-2-6-12(14)17/h2-9,11H,10,18H2,1H3. The molecule has 1 aromatic carbocycles. The van der Waals surface area contributed by atoms with Crippen LogP contribution in [0.1, 0.15) is 12.6 Å². The third-order valence-electron chi connectivity index (χ3n) is 3.15. The van der Waals surface area contributed by atoms with Crippen LogP contribution in [0.5, 0.6) is 11.6 Å². The fourth-order valence-electron chi connectivity index (χ4n) is 2.23. The largest absolute Gasteiger partial charge is 0.436 e. The first-order valence-corrected chi connectivity index (χ1v) is 7.58. The fourth-order valence-corrected chi connectivity index (χ4v) is 2.59.